The molecule has 0 saturated heterocycles. The van der Waals surface area contributed by atoms with E-state index in [0.29, 0.717) is 0 Å². The van der Waals surface area contributed by atoms with Gasteiger partial charge in [0, 0.05) is 40.0 Å². The van der Waals surface area contributed by atoms with E-state index >= 15 is 0 Å². The first kappa shape index (κ1) is 14.7. The van der Waals surface area contributed by atoms with Crippen LogP contribution in [0.5, 0.6) is 0 Å². The van der Waals surface area contributed by atoms with Crippen LogP contribution in [0.15, 0.2) is 60.8 Å². The van der Waals surface area contributed by atoms with Crippen molar-refractivity contribution in [1.82, 2.24) is 14.8 Å². The van der Waals surface area contributed by atoms with Crippen LogP contribution in [0.2, 0.25) is 5.02 Å². The lowest BCUT2D eigenvalue weighted by Gasteiger charge is -2.07. The normalized spacial score (nSPS) is 13.3. The Kier molecular flexibility index (Phi) is 3.35. The van der Waals surface area contributed by atoms with Crippen LogP contribution in [0.3, 0.4) is 0 Å². The van der Waals surface area contributed by atoms with Crippen molar-refractivity contribution in [3.05, 3.63) is 71.5 Å². The predicted octanol–water partition coefficient (Wildman–Crippen LogP) is 5.36. The van der Waals surface area contributed by atoms with Gasteiger partial charge in [0.1, 0.15) is 5.69 Å². The molecule has 0 saturated carbocycles. The van der Waals surface area contributed by atoms with Gasteiger partial charge in [-0.25, -0.2) is 0 Å². The second-order valence-electron chi connectivity index (χ2n) is 6.42. The van der Waals surface area contributed by atoms with Crippen LogP contribution in [0.25, 0.3) is 33.3 Å². The fourth-order valence-electron chi connectivity index (χ4n) is 3.70. The fourth-order valence-corrected chi connectivity index (χ4v) is 3.89. The van der Waals surface area contributed by atoms with Crippen molar-refractivity contribution in [2.45, 2.75) is 19.4 Å². The van der Waals surface area contributed by atoms with Crippen LogP contribution >= 0.6 is 11.6 Å². The summed E-state index contributed by atoms with van der Waals surface area (Å²) in [7, 11) is 0. The Morgan fingerprint density at radius 1 is 0.960 bits per heavy atom. The zero-order chi connectivity index (χ0) is 16.8. The molecule has 122 valence electrons. The van der Waals surface area contributed by atoms with Crippen LogP contribution in [-0.4, -0.2) is 14.8 Å². The van der Waals surface area contributed by atoms with Crippen molar-refractivity contribution in [3.63, 3.8) is 0 Å². The second-order valence-corrected chi connectivity index (χ2v) is 6.85. The molecule has 0 bridgehead atoms. The number of nitrogens with zero attached hydrogens (tertiary/aromatic N) is 3. The lowest BCUT2D eigenvalue weighted by atomic mass is 9.96. The van der Waals surface area contributed by atoms with Gasteiger partial charge in [0.2, 0.25) is 0 Å². The monoisotopic (exact) mass is 345 g/mol. The molecule has 25 heavy (non-hydrogen) atoms. The molecule has 0 spiro atoms. The van der Waals surface area contributed by atoms with E-state index in [1.165, 1.54) is 16.8 Å². The van der Waals surface area contributed by atoms with Crippen molar-refractivity contribution in [1.29, 1.82) is 0 Å². The molecular weight excluding hydrogens is 330 g/mol. The molecule has 0 atom stereocenters. The van der Waals surface area contributed by atoms with Gasteiger partial charge < -0.3 is 0 Å². The number of hydrogen-bond acceptors (Lipinski definition) is 2. The highest BCUT2D eigenvalue weighted by atomic mass is 35.5. The Morgan fingerprint density at radius 2 is 1.92 bits per heavy atom. The molecule has 5 rings (SSSR count). The summed E-state index contributed by atoms with van der Waals surface area (Å²) in [4.78, 5) is 4.43. The number of pyridine rings is 1. The lowest BCUT2D eigenvalue weighted by Crippen LogP contribution is -1.94. The quantitative estimate of drug-likeness (QED) is 0.489. The highest BCUT2D eigenvalue weighted by molar-refractivity contribution is 6.30. The Balaban J connectivity index is 1.76. The zero-order valence-electron chi connectivity index (χ0n) is 13.6. The van der Waals surface area contributed by atoms with Crippen molar-refractivity contribution in [2.24, 2.45) is 0 Å². The van der Waals surface area contributed by atoms with Crippen molar-refractivity contribution >= 4 is 22.5 Å². The molecule has 1 aliphatic heterocycles. The maximum absolute atomic E-state index is 6.22. The summed E-state index contributed by atoms with van der Waals surface area (Å²) in [5.74, 6) is 0. The van der Waals surface area contributed by atoms with Gasteiger partial charge in [-0.05, 0) is 48.7 Å². The Bertz CT molecular complexity index is 1100. The number of hydrogen-bond donors (Lipinski definition) is 0. The minimum Gasteiger partial charge on any atom is -0.268 e. The first-order valence-electron chi connectivity index (χ1n) is 8.50. The predicted molar refractivity (Wildman–Crippen MR) is 102 cm³/mol. The third-order valence-corrected chi connectivity index (χ3v) is 5.07. The van der Waals surface area contributed by atoms with Gasteiger partial charge in [0.25, 0.3) is 0 Å². The summed E-state index contributed by atoms with van der Waals surface area (Å²) >= 11 is 6.22. The van der Waals surface area contributed by atoms with E-state index in [2.05, 4.69) is 40.0 Å². The van der Waals surface area contributed by atoms with E-state index in [0.717, 1.165) is 46.6 Å². The summed E-state index contributed by atoms with van der Waals surface area (Å²) in [5.41, 5.74) is 6.83. The molecule has 2 aromatic heterocycles. The molecular formula is C21H16ClN3. The van der Waals surface area contributed by atoms with E-state index in [1.54, 1.807) is 0 Å². The topological polar surface area (TPSA) is 30.7 Å². The van der Waals surface area contributed by atoms with Crippen molar-refractivity contribution < 1.29 is 0 Å². The van der Waals surface area contributed by atoms with Gasteiger partial charge in [-0.1, -0.05) is 35.9 Å². The summed E-state index contributed by atoms with van der Waals surface area (Å²) in [6.45, 7) is 0.984. The van der Waals surface area contributed by atoms with E-state index in [-0.39, 0.29) is 0 Å². The summed E-state index contributed by atoms with van der Waals surface area (Å²) < 4.78 is 2.15. The zero-order valence-corrected chi connectivity index (χ0v) is 14.4. The van der Waals surface area contributed by atoms with Gasteiger partial charge in [-0.2, -0.15) is 5.10 Å². The molecule has 2 aromatic carbocycles. The standard InChI is InChI=1S/C21H16ClN3/c22-17-6-1-4-16(13-17)21-20(19-7-3-11-25(19)24-21)15-8-9-18-14(12-15)5-2-10-23-18/h1-2,4-6,8-10,12-13H,3,7,11H2. The third-order valence-electron chi connectivity index (χ3n) is 4.83. The second kappa shape index (κ2) is 5.71. The van der Waals surface area contributed by atoms with Crippen LogP contribution in [0.1, 0.15) is 12.1 Å². The Labute approximate surface area is 150 Å². The first-order chi connectivity index (χ1) is 12.3. The molecule has 0 unspecified atom stereocenters. The summed E-state index contributed by atoms with van der Waals surface area (Å²) in [6, 6.07) is 18.5. The van der Waals surface area contributed by atoms with Crippen LogP contribution in [0.4, 0.5) is 0 Å². The number of aryl methyl sites for hydroxylation is 1. The fraction of sp³-hybridized carbons (Fsp3) is 0.143. The molecule has 4 heteroatoms. The van der Waals surface area contributed by atoms with E-state index in [1.807, 2.05) is 30.5 Å². The number of fused-ring (bicyclic) bond motifs is 2. The molecule has 3 heterocycles. The molecule has 1 aliphatic rings. The van der Waals surface area contributed by atoms with E-state index in [4.69, 9.17) is 16.7 Å². The average molecular weight is 346 g/mol. The lowest BCUT2D eigenvalue weighted by molar-refractivity contribution is 0.659. The Hall–Kier alpha value is -2.65. The van der Waals surface area contributed by atoms with Gasteiger partial charge >= 0.3 is 0 Å². The minimum atomic E-state index is 0.735. The smallest absolute Gasteiger partial charge is 0.100 e. The maximum Gasteiger partial charge on any atom is 0.100 e. The molecule has 0 N–H and O–H groups in total. The average Bonchev–Trinajstić information content (AvgIpc) is 3.22. The largest absolute Gasteiger partial charge is 0.268 e. The SMILES string of the molecule is Clc1cccc(-c2nn3c(c2-c2ccc4ncccc4c2)CCC3)c1. The van der Waals surface area contributed by atoms with Gasteiger partial charge in [0.05, 0.1) is 5.52 Å². The first-order valence-corrected chi connectivity index (χ1v) is 8.88. The highest BCUT2D eigenvalue weighted by Gasteiger charge is 2.24. The number of benzene rings is 2. The van der Waals surface area contributed by atoms with Gasteiger partial charge in [-0.3, -0.25) is 9.67 Å². The van der Waals surface area contributed by atoms with E-state index < -0.39 is 0 Å². The molecule has 4 aromatic rings. The maximum atomic E-state index is 6.22. The van der Waals surface area contributed by atoms with Crippen LogP contribution in [0, 0.1) is 0 Å². The van der Waals surface area contributed by atoms with E-state index in [9.17, 15) is 0 Å². The van der Waals surface area contributed by atoms with Crippen LogP contribution in [-0.2, 0) is 13.0 Å². The molecule has 0 aliphatic carbocycles. The van der Waals surface area contributed by atoms with Gasteiger partial charge in [0.15, 0.2) is 0 Å². The number of rotatable bonds is 2. The van der Waals surface area contributed by atoms with Crippen molar-refractivity contribution in [2.75, 3.05) is 0 Å². The third kappa shape index (κ3) is 2.43. The summed E-state index contributed by atoms with van der Waals surface area (Å²) in [5, 5.41) is 6.78. The molecule has 0 radical (unpaired) electrons. The molecule has 3 nitrogen and oxygen atoms in total. The molecule has 0 amide bonds. The van der Waals surface area contributed by atoms with Crippen molar-refractivity contribution in [3.8, 4) is 22.4 Å². The van der Waals surface area contributed by atoms with Gasteiger partial charge in [-0.15, -0.1) is 0 Å². The Morgan fingerprint density at radius 3 is 2.84 bits per heavy atom. The van der Waals surface area contributed by atoms with Crippen LogP contribution < -0.4 is 0 Å². The summed E-state index contributed by atoms with van der Waals surface area (Å²) in [6.07, 6.45) is 4.05. The molecule has 0 fully saturated rings. The highest BCUT2D eigenvalue weighted by Crippen LogP contribution is 2.38. The number of aromatic nitrogens is 3. The number of halogens is 1. The minimum absolute atomic E-state index is 0.735.